The Hall–Kier alpha value is -0.940. The third kappa shape index (κ3) is 2.66. The summed E-state index contributed by atoms with van der Waals surface area (Å²) in [4.78, 5) is 11.1. The number of aromatic nitrogens is 2. The van der Waals surface area contributed by atoms with Gasteiger partial charge in [0, 0.05) is 33.5 Å². The normalized spacial score (nSPS) is 10.7. The molecule has 0 unspecified atom stereocenters. The molecule has 0 amide bonds. The lowest BCUT2D eigenvalue weighted by Gasteiger charge is -1.98. The molecule has 2 aromatic rings. The molecule has 0 saturated carbocycles. The molecule has 3 nitrogen and oxygen atoms in total. The minimum absolute atomic E-state index is 0.653. The fourth-order valence-electron chi connectivity index (χ4n) is 1.62. The molecule has 2 rings (SSSR count). The van der Waals surface area contributed by atoms with Gasteiger partial charge in [0.2, 0.25) is 0 Å². The molecule has 0 saturated heterocycles. The Morgan fingerprint density at radius 2 is 2.35 bits per heavy atom. The van der Waals surface area contributed by atoms with Gasteiger partial charge >= 0.3 is 0 Å². The highest BCUT2D eigenvalue weighted by atomic mass is 79.9. The molecule has 0 aromatic carbocycles. The van der Waals surface area contributed by atoms with E-state index in [-0.39, 0.29) is 0 Å². The molecule has 2 aromatic heterocycles. The molecule has 5 heteroatoms. The van der Waals surface area contributed by atoms with Gasteiger partial charge in [-0.15, -0.1) is 0 Å². The van der Waals surface area contributed by atoms with E-state index in [1.54, 1.807) is 11.3 Å². The first-order chi connectivity index (χ1) is 8.26. The van der Waals surface area contributed by atoms with Crippen molar-refractivity contribution < 1.29 is 4.79 Å². The van der Waals surface area contributed by atoms with Crippen LogP contribution < -0.4 is 0 Å². The number of unbranched alkanes of at least 4 members (excludes halogenated alkanes) is 1. The van der Waals surface area contributed by atoms with Crippen molar-refractivity contribution in [3.63, 3.8) is 0 Å². The Labute approximate surface area is 113 Å². The van der Waals surface area contributed by atoms with Crippen LogP contribution in [-0.2, 0) is 6.54 Å². The van der Waals surface area contributed by atoms with Crippen LogP contribution in [-0.4, -0.2) is 16.1 Å². The first-order valence-electron chi connectivity index (χ1n) is 5.51. The molecule has 0 aliphatic heterocycles. The minimum atomic E-state index is 0.653. The molecular formula is C12H13BrN2OS. The molecule has 90 valence electrons. The van der Waals surface area contributed by atoms with Gasteiger partial charge in [0.1, 0.15) is 5.69 Å². The highest BCUT2D eigenvalue weighted by Gasteiger charge is 2.13. The van der Waals surface area contributed by atoms with E-state index in [2.05, 4.69) is 28.0 Å². The first kappa shape index (κ1) is 12.5. The van der Waals surface area contributed by atoms with Gasteiger partial charge < -0.3 is 0 Å². The third-order valence-corrected chi connectivity index (χ3v) is 4.23. The molecule has 17 heavy (non-hydrogen) atoms. The number of carbonyl (C=O) groups is 1. The van der Waals surface area contributed by atoms with E-state index in [0.29, 0.717) is 5.56 Å². The summed E-state index contributed by atoms with van der Waals surface area (Å²) in [6, 6.07) is 0. The molecule has 0 atom stereocenters. The van der Waals surface area contributed by atoms with E-state index < -0.39 is 0 Å². The van der Waals surface area contributed by atoms with E-state index in [4.69, 9.17) is 0 Å². The second-order valence-corrected chi connectivity index (χ2v) is 5.40. The molecule has 0 aliphatic carbocycles. The van der Waals surface area contributed by atoms with Crippen LogP contribution in [0.15, 0.2) is 21.4 Å². The number of hydrogen-bond donors (Lipinski definition) is 0. The van der Waals surface area contributed by atoms with Gasteiger partial charge in [-0.05, 0) is 22.4 Å². The van der Waals surface area contributed by atoms with Gasteiger partial charge in [-0.1, -0.05) is 13.3 Å². The molecule has 2 heterocycles. The van der Waals surface area contributed by atoms with Crippen LogP contribution in [0.25, 0.3) is 11.3 Å². The maximum absolute atomic E-state index is 11.1. The maximum Gasteiger partial charge on any atom is 0.153 e. The van der Waals surface area contributed by atoms with Crippen molar-refractivity contribution in [2.75, 3.05) is 0 Å². The van der Waals surface area contributed by atoms with Crippen molar-refractivity contribution >= 4 is 33.6 Å². The summed E-state index contributed by atoms with van der Waals surface area (Å²) in [5, 5.41) is 8.48. The molecule has 0 radical (unpaired) electrons. The summed E-state index contributed by atoms with van der Waals surface area (Å²) >= 11 is 5.07. The van der Waals surface area contributed by atoms with Crippen LogP contribution in [0, 0.1) is 0 Å². The number of aldehydes is 1. The van der Waals surface area contributed by atoms with Crippen molar-refractivity contribution in [2.24, 2.45) is 0 Å². The highest BCUT2D eigenvalue weighted by Crippen LogP contribution is 2.32. The Kier molecular flexibility index (Phi) is 4.12. The van der Waals surface area contributed by atoms with Gasteiger partial charge in [0.15, 0.2) is 6.29 Å². The van der Waals surface area contributed by atoms with Gasteiger partial charge in [0.05, 0.1) is 5.56 Å². The second kappa shape index (κ2) is 5.60. The number of hydrogen-bond acceptors (Lipinski definition) is 3. The summed E-state index contributed by atoms with van der Waals surface area (Å²) in [6.07, 6.45) is 4.88. The van der Waals surface area contributed by atoms with Crippen molar-refractivity contribution in [2.45, 2.75) is 26.3 Å². The predicted octanol–water partition coefficient (Wildman–Crippen LogP) is 3.99. The zero-order valence-electron chi connectivity index (χ0n) is 9.52. The number of aryl methyl sites for hydroxylation is 1. The highest BCUT2D eigenvalue weighted by molar-refractivity contribution is 9.10. The summed E-state index contributed by atoms with van der Waals surface area (Å²) in [6.45, 7) is 3.00. The number of rotatable bonds is 5. The summed E-state index contributed by atoms with van der Waals surface area (Å²) in [7, 11) is 0. The second-order valence-electron chi connectivity index (χ2n) is 3.80. The van der Waals surface area contributed by atoms with E-state index >= 15 is 0 Å². The van der Waals surface area contributed by atoms with Crippen molar-refractivity contribution in [1.82, 2.24) is 9.78 Å². The minimum Gasteiger partial charge on any atom is -0.298 e. The van der Waals surface area contributed by atoms with Crippen LogP contribution in [0.3, 0.4) is 0 Å². The van der Waals surface area contributed by atoms with Crippen molar-refractivity contribution in [1.29, 1.82) is 0 Å². The Bertz CT molecular complexity index is 518. The average Bonchev–Trinajstić information content (AvgIpc) is 2.91. The fourth-order valence-corrected chi connectivity index (χ4v) is 3.08. The largest absolute Gasteiger partial charge is 0.298 e. The zero-order valence-corrected chi connectivity index (χ0v) is 11.9. The van der Waals surface area contributed by atoms with E-state index in [1.165, 1.54) is 0 Å². The summed E-state index contributed by atoms with van der Waals surface area (Å²) in [5.41, 5.74) is 2.41. The summed E-state index contributed by atoms with van der Waals surface area (Å²) in [5.74, 6) is 0. The lowest BCUT2D eigenvalue weighted by Crippen LogP contribution is -1.97. The lowest BCUT2D eigenvalue weighted by atomic mass is 10.2. The topological polar surface area (TPSA) is 34.9 Å². The SMILES string of the molecule is CCCCn1cc(C=O)c(-c2cscc2Br)n1. The molecule has 0 spiro atoms. The number of nitrogens with zero attached hydrogens (tertiary/aromatic N) is 2. The predicted molar refractivity (Wildman–Crippen MR) is 73.5 cm³/mol. The molecule has 0 bridgehead atoms. The Morgan fingerprint density at radius 1 is 1.53 bits per heavy atom. The van der Waals surface area contributed by atoms with Gasteiger partial charge in [-0.2, -0.15) is 16.4 Å². The summed E-state index contributed by atoms with van der Waals surface area (Å²) < 4.78 is 2.85. The van der Waals surface area contributed by atoms with E-state index in [9.17, 15) is 4.79 Å². The molecular weight excluding hydrogens is 300 g/mol. The smallest absolute Gasteiger partial charge is 0.153 e. The molecule has 0 fully saturated rings. The lowest BCUT2D eigenvalue weighted by molar-refractivity contribution is 0.112. The zero-order chi connectivity index (χ0) is 12.3. The van der Waals surface area contributed by atoms with Gasteiger partial charge in [0.25, 0.3) is 0 Å². The van der Waals surface area contributed by atoms with Gasteiger partial charge in [-0.25, -0.2) is 0 Å². The Balaban J connectivity index is 2.36. The van der Waals surface area contributed by atoms with Crippen LogP contribution >= 0.6 is 27.3 Å². The monoisotopic (exact) mass is 312 g/mol. The number of halogens is 1. The van der Waals surface area contributed by atoms with Crippen molar-refractivity contribution in [3.8, 4) is 11.3 Å². The average molecular weight is 313 g/mol. The quantitative estimate of drug-likeness (QED) is 0.782. The molecule has 0 aliphatic rings. The third-order valence-electron chi connectivity index (χ3n) is 2.53. The Morgan fingerprint density at radius 3 is 2.94 bits per heavy atom. The van der Waals surface area contributed by atoms with Crippen LogP contribution in [0.5, 0.6) is 0 Å². The van der Waals surface area contributed by atoms with E-state index in [0.717, 1.165) is 41.4 Å². The number of carbonyl (C=O) groups excluding carboxylic acids is 1. The first-order valence-corrected chi connectivity index (χ1v) is 7.24. The van der Waals surface area contributed by atoms with Crippen molar-refractivity contribution in [3.05, 3.63) is 27.0 Å². The van der Waals surface area contributed by atoms with Gasteiger partial charge in [-0.3, -0.25) is 9.48 Å². The van der Waals surface area contributed by atoms with E-state index in [1.807, 2.05) is 21.6 Å². The van der Waals surface area contributed by atoms with Crippen LogP contribution in [0.4, 0.5) is 0 Å². The number of thiophene rings is 1. The fraction of sp³-hybridized carbons (Fsp3) is 0.333. The van der Waals surface area contributed by atoms with Crippen LogP contribution in [0.2, 0.25) is 0 Å². The molecule has 0 N–H and O–H groups in total. The standard InChI is InChI=1S/C12H13BrN2OS/c1-2-3-4-15-5-9(6-16)12(14-15)10-7-17-8-11(10)13/h5-8H,2-4H2,1H3. The van der Waals surface area contributed by atoms with Crippen LogP contribution in [0.1, 0.15) is 30.1 Å². The maximum atomic E-state index is 11.1.